The predicted octanol–water partition coefficient (Wildman–Crippen LogP) is 6.09. The summed E-state index contributed by atoms with van der Waals surface area (Å²) >= 11 is 0. The van der Waals surface area contributed by atoms with Gasteiger partial charge in [-0.15, -0.1) is 0 Å². The Balaban J connectivity index is 1.46. The van der Waals surface area contributed by atoms with Crippen molar-refractivity contribution < 1.29 is 26.8 Å². The third-order valence-corrected chi connectivity index (χ3v) is 6.72. The molecule has 0 aromatic heterocycles. The Hall–Kier alpha value is -3.32. The Morgan fingerprint density at radius 1 is 0.487 bits per heavy atom. The van der Waals surface area contributed by atoms with Gasteiger partial charge in [-0.2, -0.15) is 0 Å². The highest BCUT2D eigenvalue weighted by molar-refractivity contribution is 5.16. The van der Waals surface area contributed by atoms with E-state index in [2.05, 4.69) is 0 Å². The zero-order chi connectivity index (χ0) is 28.5. The normalized spacial score (nSPS) is 25.0. The number of rotatable bonds is 12. The largest absolute Gasteiger partial charge is 0.390 e. The van der Waals surface area contributed by atoms with Gasteiger partial charge < -0.3 is 24.1 Å². The van der Waals surface area contributed by atoms with Crippen molar-refractivity contribution in [1.82, 2.24) is 0 Å². The summed E-state index contributed by atoms with van der Waals surface area (Å²) in [4.78, 5) is 0. The quantitative estimate of drug-likeness (QED) is 0.242. The van der Waals surface area contributed by atoms with Gasteiger partial charge in [-0.05, 0) is 22.3 Å². The molecule has 5 nitrogen and oxygen atoms in total. The molecule has 0 saturated heterocycles. The summed E-state index contributed by atoms with van der Waals surface area (Å²) in [6.45, 7) is 0.803. The van der Waals surface area contributed by atoms with Gasteiger partial charge in [0.1, 0.15) is 18.3 Å². The predicted molar refractivity (Wildman–Crippen MR) is 151 cm³/mol. The van der Waals surface area contributed by atoms with Crippen molar-refractivity contribution >= 4 is 0 Å². The number of hydrogen-bond donors (Lipinski definition) is 1. The molecule has 1 saturated carbocycles. The molecule has 0 bridgehead atoms. The van der Waals surface area contributed by atoms with Crippen LogP contribution in [0.25, 0.3) is 0 Å². The molecule has 39 heavy (non-hydrogen) atoms. The maximum atomic E-state index is 11.5. The molecule has 202 valence electrons. The zero-order valence-electron chi connectivity index (χ0n) is 23.8. The minimum absolute atomic E-state index is 0.157. The summed E-state index contributed by atoms with van der Waals surface area (Å²) in [6, 6.07) is 38.6. The molecule has 5 rings (SSSR count). The smallest absolute Gasteiger partial charge is 0.115 e. The summed E-state index contributed by atoms with van der Waals surface area (Å²) in [7, 11) is 0. The number of ether oxygens (including phenoxy) is 4. The molecular formula is C34H36O5. The summed E-state index contributed by atoms with van der Waals surface area (Å²) in [5.74, 6) is 0. The highest BCUT2D eigenvalue weighted by Gasteiger charge is 2.47. The molecule has 4 aromatic carbocycles. The van der Waals surface area contributed by atoms with Gasteiger partial charge in [-0.1, -0.05) is 121 Å². The van der Waals surface area contributed by atoms with Crippen LogP contribution in [0.1, 0.15) is 31.4 Å². The fourth-order valence-electron chi connectivity index (χ4n) is 4.66. The van der Waals surface area contributed by atoms with Crippen LogP contribution in [-0.2, 0) is 45.4 Å². The van der Waals surface area contributed by atoms with E-state index in [1.165, 1.54) is 0 Å². The Morgan fingerprint density at radius 2 is 0.821 bits per heavy atom. The van der Waals surface area contributed by atoms with Crippen LogP contribution < -0.4 is 0 Å². The zero-order valence-corrected chi connectivity index (χ0v) is 21.8. The SMILES string of the molecule is [2H]C1([2H])[C@@H](O)[C@@H](OCc2ccccc2)[C@H](OCc2ccccc2)[C@@H](OCc2ccccc2)[C@@H]1OCc1ccccc1. The van der Waals surface area contributed by atoms with Crippen LogP contribution in [0.3, 0.4) is 0 Å². The number of aliphatic hydroxyl groups is 1. The van der Waals surface area contributed by atoms with Crippen molar-refractivity contribution in [2.75, 3.05) is 0 Å². The summed E-state index contributed by atoms with van der Waals surface area (Å²) < 4.78 is 43.5. The van der Waals surface area contributed by atoms with Crippen LogP contribution in [0.2, 0.25) is 0 Å². The molecule has 0 aliphatic heterocycles. The molecule has 0 heterocycles. The molecule has 0 radical (unpaired) electrons. The van der Waals surface area contributed by atoms with Crippen molar-refractivity contribution in [2.24, 2.45) is 0 Å². The highest BCUT2D eigenvalue weighted by atomic mass is 16.6. The van der Waals surface area contributed by atoms with E-state index >= 15 is 0 Å². The van der Waals surface area contributed by atoms with E-state index in [1.54, 1.807) is 0 Å². The molecule has 1 aliphatic carbocycles. The van der Waals surface area contributed by atoms with Gasteiger partial charge in [0.25, 0.3) is 0 Å². The van der Waals surface area contributed by atoms with Gasteiger partial charge in [-0.3, -0.25) is 0 Å². The lowest BCUT2D eigenvalue weighted by Crippen LogP contribution is -2.59. The first-order valence-electron chi connectivity index (χ1n) is 14.3. The summed E-state index contributed by atoms with van der Waals surface area (Å²) in [5, 5.41) is 11.5. The monoisotopic (exact) mass is 526 g/mol. The number of hydrogen-bond acceptors (Lipinski definition) is 5. The van der Waals surface area contributed by atoms with E-state index in [0.29, 0.717) is 0 Å². The van der Waals surface area contributed by atoms with Crippen LogP contribution in [0.5, 0.6) is 0 Å². The third kappa shape index (κ3) is 7.85. The van der Waals surface area contributed by atoms with Gasteiger partial charge in [0.2, 0.25) is 0 Å². The summed E-state index contributed by atoms with van der Waals surface area (Å²) in [5.41, 5.74) is 3.68. The fraction of sp³-hybridized carbons (Fsp3) is 0.294. The average molecular weight is 527 g/mol. The second-order valence-corrected chi connectivity index (χ2v) is 9.61. The van der Waals surface area contributed by atoms with Crippen molar-refractivity contribution in [3.8, 4) is 0 Å². The minimum Gasteiger partial charge on any atom is -0.390 e. The third-order valence-electron chi connectivity index (χ3n) is 6.72. The first-order chi connectivity index (χ1) is 20.0. The molecule has 5 heteroatoms. The Morgan fingerprint density at radius 3 is 1.23 bits per heavy atom. The Bertz CT molecular complexity index is 1310. The summed E-state index contributed by atoms with van der Waals surface area (Å²) in [6.07, 6.45) is -7.54. The van der Waals surface area contributed by atoms with E-state index in [-0.39, 0.29) is 26.4 Å². The van der Waals surface area contributed by atoms with Crippen LogP contribution in [0.15, 0.2) is 121 Å². The standard InChI is InChI=1S/C34H36O5/c35-30-21-31(36-22-26-13-5-1-6-14-26)33(38-24-28-17-9-3-10-18-28)34(39-25-29-19-11-4-12-20-29)32(30)37-23-27-15-7-2-8-16-27/h1-20,30-35H,21-25H2/t30-,31-,32-,33+,34+/m1/s1/i21D2. The van der Waals surface area contributed by atoms with Crippen LogP contribution in [0.4, 0.5) is 0 Å². The van der Waals surface area contributed by atoms with Gasteiger partial charge >= 0.3 is 0 Å². The molecule has 1 fully saturated rings. The van der Waals surface area contributed by atoms with Gasteiger partial charge in [-0.25, -0.2) is 0 Å². The maximum absolute atomic E-state index is 11.5. The van der Waals surface area contributed by atoms with E-state index in [0.717, 1.165) is 22.3 Å². The lowest BCUT2D eigenvalue weighted by Gasteiger charge is -2.44. The first-order valence-corrected chi connectivity index (χ1v) is 13.3. The molecule has 0 spiro atoms. The number of benzene rings is 4. The van der Waals surface area contributed by atoms with E-state index in [9.17, 15) is 5.11 Å². The molecule has 5 atom stereocenters. The van der Waals surface area contributed by atoms with Gasteiger partial charge in [0, 0.05) is 9.11 Å². The van der Waals surface area contributed by atoms with Crippen molar-refractivity contribution in [1.29, 1.82) is 0 Å². The van der Waals surface area contributed by atoms with Crippen molar-refractivity contribution in [3.05, 3.63) is 144 Å². The maximum Gasteiger partial charge on any atom is 0.115 e. The molecule has 0 amide bonds. The fourth-order valence-corrected chi connectivity index (χ4v) is 4.66. The Labute approximate surface area is 233 Å². The van der Waals surface area contributed by atoms with E-state index in [1.807, 2.05) is 121 Å². The topological polar surface area (TPSA) is 57.2 Å². The van der Waals surface area contributed by atoms with Crippen LogP contribution in [-0.4, -0.2) is 35.6 Å². The van der Waals surface area contributed by atoms with Gasteiger partial charge in [0.15, 0.2) is 0 Å². The van der Waals surface area contributed by atoms with Crippen molar-refractivity contribution in [3.63, 3.8) is 0 Å². The highest BCUT2D eigenvalue weighted by Crippen LogP contribution is 2.32. The van der Waals surface area contributed by atoms with E-state index < -0.39 is 36.9 Å². The van der Waals surface area contributed by atoms with E-state index in [4.69, 9.17) is 21.7 Å². The lowest BCUT2D eigenvalue weighted by molar-refractivity contribution is -0.240. The van der Waals surface area contributed by atoms with Crippen LogP contribution >= 0.6 is 0 Å². The molecule has 1 aliphatic rings. The Kier molecular flexibility index (Phi) is 8.98. The van der Waals surface area contributed by atoms with Crippen LogP contribution in [0, 0.1) is 0 Å². The molecule has 1 N–H and O–H groups in total. The second kappa shape index (κ2) is 14.2. The number of aliphatic hydroxyl groups excluding tert-OH is 1. The molecule has 0 unspecified atom stereocenters. The lowest BCUT2D eigenvalue weighted by atomic mass is 9.86. The molecule has 4 aromatic rings. The second-order valence-electron chi connectivity index (χ2n) is 9.61. The van der Waals surface area contributed by atoms with Gasteiger partial charge in [0.05, 0.1) is 38.6 Å². The average Bonchev–Trinajstić information content (AvgIpc) is 3.02. The molecular weight excluding hydrogens is 488 g/mol. The van der Waals surface area contributed by atoms with Crippen molar-refractivity contribution in [2.45, 2.75) is 63.3 Å². The first kappa shape index (κ1) is 24.7. The minimum atomic E-state index is -2.19.